The smallest absolute Gasteiger partial charge is 0.226 e. The summed E-state index contributed by atoms with van der Waals surface area (Å²) in [5.74, 6) is 0.601. The summed E-state index contributed by atoms with van der Waals surface area (Å²) in [6.45, 7) is 2.69. The molecule has 0 heterocycles. The minimum absolute atomic E-state index is 0.0476. The maximum Gasteiger partial charge on any atom is 0.226 e. The standard InChI is InChI=1S/C18H24N2O2/c1-2-15-5-3-4-6-17(15)22-12-11-18(21)20-16-9-7-14(13-19)8-10-16/h7-10,15,17H,2-6,11-12H2,1H3,(H,20,21). The summed E-state index contributed by atoms with van der Waals surface area (Å²) in [5.41, 5.74) is 1.30. The van der Waals surface area contributed by atoms with Gasteiger partial charge in [-0.25, -0.2) is 0 Å². The summed E-state index contributed by atoms with van der Waals surface area (Å²) in [6, 6.07) is 8.93. The molecule has 0 saturated heterocycles. The number of carbonyl (C=O) groups excluding carboxylic acids is 1. The lowest BCUT2D eigenvalue weighted by Crippen LogP contribution is -2.28. The molecule has 1 aliphatic carbocycles. The summed E-state index contributed by atoms with van der Waals surface area (Å²) in [7, 11) is 0. The number of nitrogens with zero attached hydrogens (tertiary/aromatic N) is 1. The van der Waals surface area contributed by atoms with Crippen LogP contribution in [0.3, 0.4) is 0 Å². The van der Waals surface area contributed by atoms with Gasteiger partial charge in [0.15, 0.2) is 0 Å². The van der Waals surface area contributed by atoms with Crippen molar-refractivity contribution in [2.45, 2.75) is 51.6 Å². The molecular weight excluding hydrogens is 276 g/mol. The summed E-state index contributed by atoms with van der Waals surface area (Å²) in [6.07, 6.45) is 6.75. The fourth-order valence-corrected chi connectivity index (χ4v) is 3.01. The Morgan fingerprint density at radius 1 is 1.32 bits per heavy atom. The van der Waals surface area contributed by atoms with Gasteiger partial charge in [0.05, 0.1) is 30.8 Å². The van der Waals surface area contributed by atoms with Crippen molar-refractivity contribution in [3.05, 3.63) is 29.8 Å². The van der Waals surface area contributed by atoms with E-state index in [0.717, 1.165) is 12.8 Å². The Hall–Kier alpha value is -1.86. The molecule has 2 unspecified atom stereocenters. The van der Waals surface area contributed by atoms with Crippen molar-refractivity contribution in [2.75, 3.05) is 11.9 Å². The predicted molar refractivity (Wildman–Crippen MR) is 86.4 cm³/mol. The van der Waals surface area contributed by atoms with Gasteiger partial charge in [0.1, 0.15) is 0 Å². The van der Waals surface area contributed by atoms with Gasteiger partial charge in [-0.05, 0) is 43.0 Å². The van der Waals surface area contributed by atoms with E-state index < -0.39 is 0 Å². The molecule has 1 amide bonds. The van der Waals surface area contributed by atoms with Crippen LogP contribution in [-0.2, 0) is 9.53 Å². The number of benzene rings is 1. The van der Waals surface area contributed by atoms with Crippen LogP contribution in [-0.4, -0.2) is 18.6 Å². The van der Waals surface area contributed by atoms with Crippen molar-refractivity contribution in [2.24, 2.45) is 5.92 Å². The van der Waals surface area contributed by atoms with E-state index in [-0.39, 0.29) is 5.91 Å². The Balaban J connectivity index is 1.72. The molecular formula is C18H24N2O2. The average Bonchev–Trinajstić information content (AvgIpc) is 2.56. The second kappa shape index (κ2) is 8.55. The van der Waals surface area contributed by atoms with Crippen LogP contribution < -0.4 is 5.32 Å². The lowest BCUT2D eigenvalue weighted by atomic mass is 9.85. The highest BCUT2D eigenvalue weighted by atomic mass is 16.5. The highest BCUT2D eigenvalue weighted by Gasteiger charge is 2.24. The lowest BCUT2D eigenvalue weighted by Gasteiger charge is -2.30. The zero-order chi connectivity index (χ0) is 15.8. The third-order valence-electron chi connectivity index (χ3n) is 4.32. The number of amides is 1. The maximum atomic E-state index is 11.9. The van der Waals surface area contributed by atoms with Crippen LogP contribution in [0.15, 0.2) is 24.3 Å². The number of hydrogen-bond donors (Lipinski definition) is 1. The van der Waals surface area contributed by atoms with Gasteiger partial charge in [-0.2, -0.15) is 5.26 Å². The molecule has 4 nitrogen and oxygen atoms in total. The van der Waals surface area contributed by atoms with Crippen molar-refractivity contribution in [1.82, 2.24) is 0 Å². The van der Waals surface area contributed by atoms with Crippen LogP contribution in [0.2, 0.25) is 0 Å². The molecule has 1 N–H and O–H groups in total. The van der Waals surface area contributed by atoms with E-state index in [1.165, 1.54) is 19.3 Å². The maximum absolute atomic E-state index is 11.9. The van der Waals surface area contributed by atoms with Crippen molar-refractivity contribution in [3.63, 3.8) is 0 Å². The number of carbonyl (C=O) groups is 1. The molecule has 22 heavy (non-hydrogen) atoms. The van der Waals surface area contributed by atoms with Crippen LogP contribution in [0.4, 0.5) is 5.69 Å². The monoisotopic (exact) mass is 300 g/mol. The van der Waals surface area contributed by atoms with E-state index in [4.69, 9.17) is 10.00 Å². The zero-order valence-corrected chi connectivity index (χ0v) is 13.2. The molecule has 0 aliphatic heterocycles. The third-order valence-corrected chi connectivity index (χ3v) is 4.32. The first-order valence-corrected chi connectivity index (χ1v) is 8.14. The Morgan fingerprint density at radius 3 is 2.73 bits per heavy atom. The van der Waals surface area contributed by atoms with Crippen molar-refractivity contribution < 1.29 is 9.53 Å². The largest absolute Gasteiger partial charge is 0.377 e. The molecule has 1 aromatic carbocycles. The molecule has 4 heteroatoms. The minimum atomic E-state index is -0.0476. The molecule has 1 aromatic rings. The number of rotatable bonds is 6. The van der Waals surface area contributed by atoms with E-state index in [0.29, 0.717) is 36.3 Å². The van der Waals surface area contributed by atoms with Gasteiger partial charge in [-0.1, -0.05) is 26.2 Å². The second-order valence-electron chi connectivity index (χ2n) is 5.85. The quantitative estimate of drug-likeness (QED) is 0.867. The fourth-order valence-electron chi connectivity index (χ4n) is 3.01. The van der Waals surface area contributed by atoms with E-state index in [1.54, 1.807) is 24.3 Å². The fraction of sp³-hybridized carbons (Fsp3) is 0.556. The van der Waals surface area contributed by atoms with Crippen LogP contribution in [0.25, 0.3) is 0 Å². The first-order valence-electron chi connectivity index (χ1n) is 8.14. The van der Waals surface area contributed by atoms with Gasteiger partial charge in [-0.3, -0.25) is 4.79 Å². The molecule has 118 valence electrons. The van der Waals surface area contributed by atoms with Gasteiger partial charge >= 0.3 is 0 Å². The lowest BCUT2D eigenvalue weighted by molar-refractivity contribution is -0.118. The van der Waals surface area contributed by atoms with E-state index in [2.05, 4.69) is 18.3 Å². The molecule has 2 atom stereocenters. The summed E-state index contributed by atoms with van der Waals surface area (Å²) < 4.78 is 5.93. The molecule has 1 saturated carbocycles. The Labute approximate surface area is 132 Å². The van der Waals surface area contributed by atoms with Crippen molar-refractivity contribution in [3.8, 4) is 6.07 Å². The van der Waals surface area contributed by atoms with Crippen molar-refractivity contribution in [1.29, 1.82) is 5.26 Å². The molecule has 0 bridgehead atoms. The number of hydrogen-bond acceptors (Lipinski definition) is 3. The zero-order valence-electron chi connectivity index (χ0n) is 13.2. The average molecular weight is 300 g/mol. The molecule has 0 spiro atoms. The normalized spacial score (nSPS) is 21.1. The topological polar surface area (TPSA) is 62.1 Å². The summed E-state index contributed by atoms with van der Waals surface area (Å²) in [4.78, 5) is 11.9. The molecule has 1 aliphatic rings. The molecule has 2 rings (SSSR count). The van der Waals surface area contributed by atoms with E-state index >= 15 is 0 Å². The third kappa shape index (κ3) is 4.85. The summed E-state index contributed by atoms with van der Waals surface area (Å²) in [5, 5.41) is 11.6. The molecule has 1 fully saturated rings. The van der Waals surface area contributed by atoms with Gasteiger partial charge in [0.25, 0.3) is 0 Å². The highest BCUT2D eigenvalue weighted by molar-refractivity contribution is 5.90. The van der Waals surface area contributed by atoms with Gasteiger partial charge in [-0.15, -0.1) is 0 Å². The van der Waals surface area contributed by atoms with E-state index in [1.807, 2.05) is 0 Å². The Morgan fingerprint density at radius 2 is 2.05 bits per heavy atom. The molecule has 0 radical (unpaired) electrons. The van der Waals surface area contributed by atoms with Gasteiger partial charge in [0.2, 0.25) is 5.91 Å². The number of anilines is 1. The van der Waals surface area contributed by atoms with Gasteiger partial charge in [0, 0.05) is 5.69 Å². The van der Waals surface area contributed by atoms with Crippen LogP contribution >= 0.6 is 0 Å². The predicted octanol–water partition coefficient (Wildman–Crippen LogP) is 3.87. The SMILES string of the molecule is CCC1CCCCC1OCCC(=O)Nc1ccc(C#N)cc1. The summed E-state index contributed by atoms with van der Waals surface area (Å²) >= 11 is 0. The molecule has 0 aromatic heterocycles. The Kier molecular flexibility index (Phi) is 6.42. The second-order valence-corrected chi connectivity index (χ2v) is 5.85. The first kappa shape index (κ1) is 16.5. The number of nitriles is 1. The number of ether oxygens (including phenoxy) is 1. The minimum Gasteiger partial charge on any atom is -0.377 e. The van der Waals surface area contributed by atoms with E-state index in [9.17, 15) is 4.79 Å². The van der Waals surface area contributed by atoms with Crippen LogP contribution in [0.1, 0.15) is 51.0 Å². The number of nitrogens with one attached hydrogen (secondary N) is 1. The van der Waals surface area contributed by atoms with Crippen LogP contribution in [0, 0.1) is 17.2 Å². The highest BCUT2D eigenvalue weighted by Crippen LogP contribution is 2.29. The Bertz CT molecular complexity index is 519. The first-order chi connectivity index (χ1) is 10.7. The van der Waals surface area contributed by atoms with Crippen LogP contribution in [0.5, 0.6) is 0 Å². The van der Waals surface area contributed by atoms with Crippen molar-refractivity contribution >= 4 is 11.6 Å². The van der Waals surface area contributed by atoms with Gasteiger partial charge < -0.3 is 10.1 Å².